The highest BCUT2D eigenvalue weighted by Gasteiger charge is 2.44. The molecule has 5 nitrogen and oxygen atoms in total. The fraction of sp³-hybridized carbons (Fsp3) is 1.00. The van der Waals surface area contributed by atoms with Gasteiger partial charge in [-0.2, -0.15) is 0 Å². The lowest BCUT2D eigenvalue weighted by Gasteiger charge is -2.41. The van der Waals surface area contributed by atoms with E-state index in [0.717, 1.165) is 0 Å². The van der Waals surface area contributed by atoms with E-state index in [1.165, 1.54) is 7.11 Å². The third kappa shape index (κ3) is 2.07. The molecule has 1 rings (SSSR count). The Morgan fingerprint density at radius 3 is 1.86 bits per heavy atom. The first kappa shape index (κ1) is 11.9. The molecule has 14 heavy (non-hydrogen) atoms. The molecule has 1 heterocycles. The Hall–Kier alpha value is -0.200. The fourth-order valence-electron chi connectivity index (χ4n) is 1.84. The van der Waals surface area contributed by atoms with Crippen molar-refractivity contribution in [2.45, 2.75) is 37.6 Å². The summed E-state index contributed by atoms with van der Waals surface area (Å²) >= 11 is 0. The molecule has 0 aliphatic carbocycles. The van der Waals surface area contributed by atoms with Crippen molar-refractivity contribution in [2.75, 3.05) is 21.3 Å². The van der Waals surface area contributed by atoms with Crippen LogP contribution in [0.1, 0.15) is 6.92 Å². The lowest BCUT2D eigenvalue weighted by molar-refractivity contribution is -0.291. The number of rotatable bonds is 3. The number of ether oxygens (including phenoxy) is 4. The van der Waals surface area contributed by atoms with E-state index in [1.54, 1.807) is 14.2 Å². The Bertz CT molecular complexity index is 159. The Morgan fingerprint density at radius 1 is 0.929 bits per heavy atom. The number of aliphatic hydroxyl groups excluding tert-OH is 1. The van der Waals surface area contributed by atoms with E-state index in [0.29, 0.717) is 0 Å². The maximum Gasteiger partial charge on any atom is 0.184 e. The van der Waals surface area contributed by atoms with Crippen molar-refractivity contribution in [2.24, 2.45) is 0 Å². The molecule has 1 aliphatic rings. The minimum absolute atomic E-state index is 0.216. The molecule has 0 aromatic rings. The molecule has 5 heteroatoms. The highest BCUT2D eigenvalue weighted by Crippen LogP contribution is 2.25. The molecule has 0 saturated carbocycles. The molecule has 1 N–H and O–H groups in total. The van der Waals surface area contributed by atoms with Crippen LogP contribution in [0.3, 0.4) is 0 Å². The van der Waals surface area contributed by atoms with Gasteiger partial charge < -0.3 is 24.1 Å². The zero-order valence-electron chi connectivity index (χ0n) is 8.97. The van der Waals surface area contributed by atoms with Crippen molar-refractivity contribution in [3.8, 4) is 0 Å². The van der Waals surface area contributed by atoms with Gasteiger partial charge >= 0.3 is 0 Å². The second-order valence-corrected chi connectivity index (χ2v) is 3.33. The topological polar surface area (TPSA) is 57.2 Å². The maximum atomic E-state index is 9.57. The van der Waals surface area contributed by atoms with Crippen molar-refractivity contribution < 1.29 is 24.1 Å². The summed E-state index contributed by atoms with van der Waals surface area (Å²) in [5.74, 6) is 0. The van der Waals surface area contributed by atoms with Gasteiger partial charge in [0.2, 0.25) is 0 Å². The van der Waals surface area contributed by atoms with E-state index in [2.05, 4.69) is 0 Å². The summed E-state index contributed by atoms with van der Waals surface area (Å²) in [4.78, 5) is 0. The van der Waals surface area contributed by atoms with Crippen LogP contribution in [0.15, 0.2) is 0 Å². The summed E-state index contributed by atoms with van der Waals surface area (Å²) in [7, 11) is 4.65. The lowest BCUT2D eigenvalue weighted by atomic mass is 9.99. The minimum atomic E-state index is -0.966. The number of methoxy groups -OCH3 is 3. The van der Waals surface area contributed by atoms with Gasteiger partial charge in [0, 0.05) is 21.3 Å². The summed E-state index contributed by atoms with van der Waals surface area (Å²) in [6.07, 6.45) is -2.24. The van der Waals surface area contributed by atoms with Gasteiger partial charge in [-0.3, -0.25) is 0 Å². The zero-order chi connectivity index (χ0) is 10.7. The van der Waals surface area contributed by atoms with E-state index < -0.39 is 12.4 Å². The molecule has 0 unspecified atom stereocenters. The largest absolute Gasteiger partial charge is 0.376 e. The molecular weight excluding hydrogens is 188 g/mol. The van der Waals surface area contributed by atoms with E-state index in [9.17, 15) is 5.11 Å². The lowest BCUT2D eigenvalue weighted by Crippen LogP contribution is -2.58. The average molecular weight is 206 g/mol. The average Bonchev–Trinajstić information content (AvgIpc) is 2.16. The van der Waals surface area contributed by atoms with Crippen molar-refractivity contribution in [1.29, 1.82) is 0 Å². The predicted octanol–water partition coefficient (Wildman–Crippen LogP) is -0.231. The predicted molar refractivity (Wildman–Crippen MR) is 48.9 cm³/mol. The minimum Gasteiger partial charge on any atom is -0.376 e. The van der Waals surface area contributed by atoms with Crippen LogP contribution < -0.4 is 0 Å². The smallest absolute Gasteiger partial charge is 0.184 e. The van der Waals surface area contributed by atoms with E-state index in [1.807, 2.05) is 6.92 Å². The summed E-state index contributed by atoms with van der Waals surface area (Å²) in [5, 5.41) is 9.57. The van der Waals surface area contributed by atoms with Crippen LogP contribution >= 0.6 is 0 Å². The fourth-order valence-corrected chi connectivity index (χ4v) is 1.84. The molecule has 0 bridgehead atoms. The molecule has 84 valence electrons. The second kappa shape index (κ2) is 5.04. The Labute approximate surface area is 83.9 Å². The summed E-state index contributed by atoms with van der Waals surface area (Å²) < 4.78 is 20.9. The zero-order valence-corrected chi connectivity index (χ0v) is 8.97. The van der Waals surface area contributed by atoms with Gasteiger partial charge in [-0.05, 0) is 6.92 Å². The van der Waals surface area contributed by atoms with Crippen molar-refractivity contribution in [3.63, 3.8) is 0 Å². The molecule has 0 radical (unpaired) electrons. The molecular formula is C9H18O5. The van der Waals surface area contributed by atoms with Gasteiger partial charge in [-0.1, -0.05) is 0 Å². The Kier molecular flexibility index (Phi) is 4.28. The van der Waals surface area contributed by atoms with Crippen LogP contribution in [0.2, 0.25) is 0 Å². The van der Waals surface area contributed by atoms with E-state index in [4.69, 9.17) is 18.9 Å². The molecule has 0 aromatic heterocycles. The normalized spacial score (nSPS) is 43.9. The van der Waals surface area contributed by atoms with Crippen LogP contribution in [-0.2, 0) is 18.9 Å². The van der Waals surface area contributed by atoms with Gasteiger partial charge in [-0.15, -0.1) is 0 Å². The van der Waals surface area contributed by atoms with Gasteiger partial charge in [-0.25, -0.2) is 0 Å². The van der Waals surface area contributed by atoms with Gasteiger partial charge in [0.1, 0.15) is 18.3 Å². The molecule has 5 atom stereocenters. The Balaban J connectivity index is 2.76. The first-order valence-electron chi connectivity index (χ1n) is 4.57. The van der Waals surface area contributed by atoms with Crippen LogP contribution in [0.5, 0.6) is 0 Å². The van der Waals surface area contributed by atoms with Gasteiger partial charge in [0.05, 0.1) is 6.10 Å². The van der Waals surface area contributed by atoms with Crippen molar-refractivity contribution >= 4 is 0 Å². The highest BCUT2D eigenvalue weighted by molar-refractivity contribution is 4.89. The number of hydrogen-bond donors (Lipinski definition) is 1. The molecule has 1 saturated heterocycles. The molecule has 1 aliphatic heterocycles. The van der Waals surface area contributed by atoms with Crippen LogP contribution in [0.4, 0.5) is 0 Å². The molecule has 0 spiro atoms. The number of aliphatic hydroxyl groups is 1. The quantitative estimate of drug-likeness (QED) is 0.691. The first-order valence-corrected chi connectivity index (χ1v) is 4.57. The summed E-state index contributed by atoms with van der Waals surface area (Å²) in [6.45, 7) is 1.83. The molecule has 1 fully saturated rings. The van der Waals surface area contributed by atoms with Crippen molar-refractivity contribution in [1.82, 2.24) is 0 Å². The Morgan fingerprint density at radius 2 is 1.43 bits per heavy atom. The molecule has 0 amide bonds. The van der Waals surface area contributed by atoms with E-state index >= 15 is 0 Å². The SMILES string of the molecule is CO[C@H]1[C@@H](OC)[C@H](O)O[C@@H](C)[C@H]1OC. The van der Waals surface area contributed by atoms with Gasteiger partial charge in [0.15, 0.2) is 6.29 Å². The van der Waals surface area contributed by atoms with Crippen LogP contribution in [0.25, 0.3) is 0 Å². The monoisotopic (exact) mass is 206 g/mol. The molecule has 0 aromatic carbocycles. The van der Waals surface area contributed by atoms with Crippen LogP contribution in [-0.4, -0.2) is 57.1 Å². The summed E-state index contributed by atoms with van der Waals surface area (Å²) in [6, 6.07) is 0. The summed E-state index contributed by atoms with van der Waals surface area (Å²) in [5.41, 5.74) is 0. The standard InChI is InChI=1S/C9H18O5/c1-5-6(11-2)7(12-3)8(13-4)9(10)14-5/h5-10H,1-4H3/t5-,6+,7+,8+,9+/m0/s1. The maximum absolute atomic E-state index is 9.57. The highest BCUT2D eigenvalue weighted by atomic mass is 16.7. The third-order valence-electron chi connectivity index (χ3n) is 2.56. The second-order valence-electron chi connectivity index (χ2n) is 3.33. The van der Waals surface area contributed by atoms with Gasteiger partial charge in [0.25, 0.3) is 0 Å². The van der Waals surface area contributed by atoms with E-state index in [-0.39, 0.29) is 18.3 Å². The van der Waals surface area contributed by atoms with Crippen molar-refractivity contribution in [3.05, 3.63) is 0 Å². The first-order chi connectivity index (χ1) is 6.65. The number of hydrogen-bond acceptors (Lipinski definition) is 5. The third-order valence-corrected chi connectivity index (χ3v) is 2.56. The van der Waals surface area contributed by atoms with Crippen LogP contribution in [0, 0.1) is 0 Å².